The molecule has 29 heteroatoms. The SMILES string of the molecule is CCCCCCCCCCCCCCCCOC[C@H](COP(=O)([O-])OC1[C@@H](O[C@H]2O[C@H](CO)[C@@H](O)[C@H](O)[C@@H]2O)CN(C(=O)CCCCCNC(=S)/N=C2\C=CC(=C3c4ccc(N(C)C)cc4Oc4cc(N(C)C)ccc43)C(C(=O)O)=C2)C[C@H]1O[C@H]1O[C@H](CO)[C@@H](O)[C@H](O)[C@@H]1O)OCCCCCCCCCCCCCCCC. The molecule has 0 spiro atoms. The minimum absolute atomic E-state index is 0.00342. The van der Waals surface area contributed by atoms with Crippen molar-refractivity contribution in [3.63, 3.8) is 0 Å². The summed E-state index contributed by atoms with van der Waals surface area (Å²) in [7, 11) is 2.13. The molecular formula is C83H133N5O22PS-. The molecule has 4 heterocycles. The highest BCUT2D eigenvalue weighted by atomic mass is 32.1. The van der Waals surface area contributed by atoms with E-state index in [4.69, 9.17) is 54.4 Å². The quantitative estimate of drug-likeness (QED) is 0.0143. The number of likely N-dealkylation sites (tertiary alicyclic amines) is 1. The predicted octanol–water partition coefficient (Wildman–Crippen LogP) is 10.6. The maximum absolute atomic E-state index is 14.5. The number of phosphoric ester groups is 1. The highest BCUT2D eigenvalue weighted by Gasteiger charge is 2.52. The van der Waals surface area contributed by atoms with Crippen LogP contribution in [-0.4, -0.2) is 247 Å². The van der Waals surface area contributed by atoms with E-state index in [-0.39, 0.29) is 23.7 Å². The number of allylic oxidation sites excluding steroid dienone is 3. The number of nitrogens with zero attached hydrogens (tertiary/aromatic N) is 4. The van der Waals surface area contributed by atoms with Crippen molar-refractivity contribution in [1.82, 2.24) is 10.2 Å². The first kappa shape index (κ1) is 94.3. The van der Waals surface area contributed by atoms with E-state index in [0.29, 0.717) is 84.9 Å². The van der Waals surface area contributed by atoms with Crippen molar-refractivity contribution in [3.05, 3.63) is 76.9 Å². The topological polar surface area (TPSA) is 374 Å². The molecule has 2 unspecified atom stereocenters. The van der Waals surface area contributed by atoms with E-state index < -0.39 is 138 Å². The average molecular weight is 1620 g/mol. The molecule has 2 aromatic rings. The second kappa shape index (κ2) is 50.7. The largest absolute Gasteiger partial charge is 0.756 e. The number of anilines is 2. The number of rotatable bonds is 53. The van der Waals surface area contributed by atoms with E-state index >= 15 is 0 Å². The molecule has 2 aromatic carbocycles. The molecule has 3 saturated heterocycles. The number of ether oxygens (including phenoxy) is 7. The first-order valence-corrected chi connectivity index (χ1v) is 43.4. The van der Waals surface area contributed by atoms with Crippen LogP contribution in [-0.2, 0) is 51.6 Å². The number of amides is 1. The molecule has 15 atom stereocenters. The zero-order valence-corrected chi connectivity index (χ0v) is 69.0. The maximum Gasteiger partial charge on any atom is 0.336 e. The van der Waals surface area contributed by atoms with Crippen molar-refractivity contribution in [2.75, 3.05) is 97.3 Å². The van der Waals surface area contributed by atoms with Gasteiger partial charge in [-0.2, -0.15) is 0 Å². The number of nitrogens with one attached hydrogen (secondary N) is 1. The first-order chi connectivity index (χ1) is 54.0. The van der Waals surface area contributed by atoms with Gasteiger partial charge in [-0.05, 0) is 79.9 Å². The highest BCUT2D eigenvalue weighted by molar-refractivity contribution is 7.80. The van der Waals surface area contributed by atoms with Gasteiger partial charge >= 0.3 is 5.97 Å². The number of carbonyl (C=O) groups is 2. The van der Waals surface area contributed by atoms with Crippen molar-refractivity contribution in [3.8, 4) is 11.5 Å². The standard InChI is InChI=1S/C83H134N5O22PS/c1-7-9-11-13-15-17-19-21-23-25-27-29-31-36-46-102-55-60(103-47-37-32-30-28-26-24-22-20-18-16-14-12-10-8-2)56-104-111(100,101)110-79-67(106-81-77(96)75(94)73(92)69(53-89)108-81)51-88(52-68(79)107-82-78(97)76(95)74(93)70(54-90)109-82)71(91)38-34-33-35-45-84-83(112)85-57-39-42-61(64(48-57)80(98)99)72-62-43-40-58(86(3)4)49-65(62)105-66-50-59(87(5)6)41-44-63(66)72/h39-44,48-50,60,67-70,73-79,81-82,89-90,92-97H,7-38,45-47,51-56H2,1-6H3,(H,84,112)(H,98,99)(H,100,101)/p-1/b85-57+/t60-,67-,68+,69-,70-,73-,74-,75+,76+,77+,78+,79?,81+,82+/m1/s1. The molecule has 0 saturated carbocycles. The Labute approximate surface area is 669 Å². The number of carbonyl (C=O) groups excluding carboxylic acids is 1. The monoisotopic (exact) mass is 1610 g/mol. The third kappa shape index (κ3) is 30.6. The third-order valence-corrected chi connectivity index (χ3v) is 22.7. The third-order valence-electron chi connectivity index (χ3n) is 21.5. The van der Waals surface area contributed by atoms with Crippen LogP contribution in [0.3, 0.4) is 0 Å². The van der Waals surface area contributed by atoms with Crippen LogP contribution < -0.4 is 24.7 Å². The first-order valence-electron chi connectivity index (χ1n) is 41.6. The maximum atomic E-state index is 14.5. The second-order valence-corrected chi connectivity index (χ2v) is 32.7. The second-order valence-electron chi connectivity index (χ2n) is 30.9. The van der Waals surface area contributed by atoms with Gasteiger partial charge in [0.05, 0.1) is 37.7 Å². The molecule has 27 nitrogen and oxygen atoms in total. The minimum Gasteiger partial charge on any atom is -0.756 e. The van der Waals surface area contributed by atoms with Gasteiger partial charge in [0.25, 0.3) is 7.82 Å². The number of fused-ring (bicyclic) bond motifs is 2. The van der Waals surface area contributed by atoms with Gasteiger partial charge in [-0.1, -0.05) is 193 Å². The molecular weight excluding hydrogens is 1480 g/mol. The van der Waals surface area contributed by atoms with Crippen molar-refractivity contribution < 1.29 is 107 Å². The summed E-state index contributed by atoms with van der Waals surface area (Å²) in [4.78, 5) is 51.9. The van der Waals surface area contributed by atoms with Gasteiger partial charge in [-0.15, -0.1) is 0 Å². The molecule has 0 aromatic heterocycles. The number of unbranched alkanes of at least 4 members (excludes halogenated alkanes) is 28. The summed E-state index contributed by atoms with van der Waals surface area (Å²) in [5, 5.41) is 100. The Bertz CT molecular complexity index is 3200. The summed E-state index contributed by atoms with van der Waals surface area (Å²) in [5.41, 5.74) is 4.64. The Morgan fingerprint density at radius 3 is 1.50 bits per heavy atom. The number of piperidine rings is 1. The number of aliphatic hydroxyl groups excluding tert-OH is 8. The van der Waals surface area contributed by atoms with Gasteiger partial charge < -0.3 is 113 Å². The number of carboxylic acid groups (broad SMARTS) is 1. The van der Waals surface area contributed by atoms with Crippen LogP contribution >= 0.6 is 20.0 Å². The molecule has 1 amide bonds. The summed E-state index contributed by atoms with van der Waals surface area (Å²) in [6.45, 7) is 2.24. The normalized spacial score (nSPS) is 25.0. The number of hydrogen-bond acceptors (Lipinski definition) is 24. The van der Waals surface area contributed by atoms with Gasteiger partial charge in [0.15, 0.2) is 17.7 Å². The van der Waals surface area contributed by atoms with E-state index in [2.05, 4.69) is 24.2 Å². The van der Waals surface area contributed by atoms with Gasteiger partial charge in [-0.3, -0.25) is 9.36 Å². The molecule has 10 N–H and O–H groups in total. The Kier molecular flexibility index (Phi) is 42.6. The van der Waals surface area contributed by atoms with Crippen LogP contribution in [0.25, 0.3) is 5.57 Å². The molecule has 112 heavy (non-hydrogen) atoms. The summed E-state index contributed by atoms with van der Waals surface area (Å²) >= 11 is 5.62. The summed E-state index contributed by atoms with van der Waals surface area (Å²) < 4.78 is 68.9. The lowest BCUT2D eigenvalue weighted by Crippen LogP contribution is -2.65. The Morgan fingerprint density at radius 2 is 1.05 bits per heavy atom. The lowest BCUT2D eigenvalue weighted by molar-refractivity contribution is -0.342. The fraction of sp³-hybridized carbons (Fsp3) is 0.735. The van der Waals surface area contributed by atoms with Crippen LogP contribution in [0.1, 0.15) is 230 Å². The Balaban J connectivity index is 1.01. The fourth-order valence-electron chi connectivity index (χ4n) is 14.7. The smallest absolute Gasteiger partial charge is 0.336 e. The molecule has 4 aliphatic heterocycles. The Hall–Kier alpha value is -4.89. The average Bonchev–Trinajstić information content (AvgIpc) is 0.745. The molecule has 7 rings (SSSR count). The molecule has 5 aliphatic rings. The van der Waals surface area contributed by atoms with E-state index in [0.717, 1.165) is 62.7 Å². The molecule has 1 aliphatic carbocycles. The summed E-state index contributed by atoms with van der Waals surface area (Å²) in [5.74, 6) is -0.556. The van der Waals surface area contributed by atoms with Crippen LogP contribution in [0.4, 0.5) is 11.4 Å². The number of aliphatic imine (C=N–C) groups is 1. The van der Waals surface area contributed by atoms with Crippen molar-refractivity contribution >= 4 is 59.7 Å². The number of hydrogen-bond donors (Lipinski definition) is 10. The molecule has 0 bridgehead atoms. The number of carboxylic acids is 1. The minimum atomic E-state index is -5.56. The van der Waals surface area contributed by atoms with Crippen LogP contribution in [0.15, 0.2) is 70.8 Å². The predicted molar refractivity (Wildman–Crippen MR) is 432 cm³/mol. The van der Waals surface area contributed by atoms with E-state index in [1.54, 1.807) is 12.2 Å². The van der Waals surface area contributed by atoms with Crippen molar-refractivity contribution in [1.29, 1.82) is 0 Å². The van der Waals surface area contributed by atoms with Crippen molar-refractivity contribution in [2.24, 2.45) is 4.99 Å². The van der Waals surface area contributed by atoms with Gasteiger partial charge in [-0.25, -0.2) is 9.79 Å². The van der Waals surface area contributed by atoms with Gasteiger partial charge in [0.1, 0.15) is 84.7 Å². The van der Waals surface area contributed by atoms with Gasteiger partial charge in [0.2, 0.25) is 5.91 Å². The lowest BCUT2D eigenvalue weighted by Gasteiger charge is -2.49. The van der Waals surface area contributed by atoms with Crippen molar-refractivity contribution in [2.45, 2.75) is 305 Å². The van der Waals surface area contributed by atoms with E-state index in [1.165, 1.54) is 133 Å². The molecule has 0 radical (unpaired) electrons. The number of benzene rings is 2. The summed E-state index contributed by atoms with van der Waals surface area (Å²) in [6.07, 6.45) is 14.7. The summed E-state index contributed by atoms with van der Waals surface area (Å²) in [6, 6.07) is 11.6. The van der Waals surface area contributed by atoms with Gasteiger partial charge in [0, 0.05) is 108 Å². The van der Waals surface area contributed by atoms with E-state index in [9.17, 15) is 65.0 Å². The lowest BCUT2D eigenvalue weighted by atomic mass is 9.84. The zero-order chi connectivity index (χ0) is 81.0. The zero-order valence-electron chi connectivity index (χ0n) is 67.2. The van der Waals surface area contributed by atoms with Crippen LogP contribution in [0.5, 0.6) is 11.5 Å². The highest BCUT2D eigenvalue weighted by Crippen LogP contribution is 2.49. The van der Waals surface area contributed by atoms with Crippen LogP contribution in [0, 0.1) is 0 Å². The molecule has 634 valence electrons. The van der Waals surface area contributed by atoms with E-state index in [1.807, 2.05) is 74.4 Å². The molecule has 3 fully saturated rings. The fourth-order valence-corrected chi connectivity index (χ4v) is 15.9. The Morgan fingerprint density at radius 1 is 0.607 bits per heavy atom. The number of thiocarbonyl (C=S) groups is 1. The number of aliphatic hydroxyl groups is 8. The number of aliphatic carboxylic acids is 1. The number of phosphoric acid groups is 1. The van der Waals surface area contributed by atoms with Crippen LogP contribution in [0.2, 0.25) is 0 Å².